The number of guanidine groups is 1. The van der Waals surface area contributed by atoms with Crippen molar-refractivity contribution in [2.75, 3.05) is 6.54 Å². The molecule has 3 N–H and O–H groups in total. The van der Waals surface area contributed by atoms with Crippen LogP contribution < -0.4 is 10.6 Å². The van der Waals surface area contributed by atoms with E-state index in [1.165, 1.54) is 27.0 Å². The number of hydrogen-bond donors (Lipinski definition) is 3. The van der Waals surface area contributed by atoms with Gasteiger partial charge in [-0.2, -0.15) is 0 Å². The first-order valence-corrected chi connectivity index (χ1v) is 11.0. The molecule has 0 bridgehead atoms. The number of aliphatic imine (C=N–C) groups is 1. The van der Waals surface area contributed by atoms with Gasteiger partial charge in [-0.05, 0) is 43.3 Å². The highest BCUT2D eigenvalue weighted by Crippen LogP contribution is 2.21. The SMILES string of the molecule is Cc1[nH]c2ccccc2c1CCNC(=NCc1nnc(C)n1C)NCc1cccs1. The van der Waals surface area contributed by atoms with Gasteiger partial charge in [-0.15, -0.1) is 21.5 Å². The molecule has 0 aliphatic heterocycles. The van der Waals surface area contributed by atoms with E-state index in [0.29, 0.717) is 6.54 Å². The molecule has 0 saturated heterocycles. The number of nitrogens with one attached hydrogen (secondary N) is 3. The molecule has 3 heterocycles. The van der Waals surface area contributed by atoms with Gasteiger partial charge in [0, 0.05) is 35.1 Å². The third-order valence-corrected chi connectivity index (χ3v) is 6.14. The summed E-state index contributed by atoms with van der Waals surface area (Å²) in [6.45, 7) is 6.08. The second-order valence-corrected chi connectivity index (χ2v) is 8.30. The fraction of sp³-hybridized carbons (Fsp3) is 0.318. The highest BCUT2D eigenvalue weighted by molar-refractivity contribution is 7.09. The van der Waals surface area contributed by atoms with Crippen molar-refractivity contribution in [3.05, 3.63) is 69.6 Å². The fourth-order valence-electron chi connectivity index (χ4n) is 3.46. The van der Waals surface area contributed by atoms with Crippen LogP contribution in [0.4, 0.5) is 0 Å². The van der Waals surface area contributed by atoms with Gasteiger partial charge in [0.2, 0.25) is 0 Å². The van der Waals surface area contributed by atoms with Gasteiger partial charge in [-0.3, -0.25) is 0 Å². The van der Waals surface area contributed by atoms with E-state index >= 15 is 0 Å². The maximum absolute atomic E-state index is 4.74. The van der Waals surface area contributed by atoms with E-state index in [4.69, 9.17) is 4.99 Å². The summed E-state index contributed by atoms with van der Waals surface area (Å²) in [4.78, 5) is 9.48. The van der Waals surface area contributed by atoms with Gasteiger partial charge >= 0.3 is 0 Å². The first-order valence-electron chi connectivity index (χ1n) is 10.1. The number of rotatable bonds is 7. The molecule has 0 aliphatic carbocycles. The number of aryl methyl sites for hydroxylation is 2. The summed E-state index contributed by atoms with van der Waals surface area (Å²) in [6.07, 6.45) is 0.915. The molecule has 8 heteroatoms. The molecule has 7 nitrogen and oxygen atoms in total. The van der Waals surface area contributed by atoms with Gasteiger partial charge in [-0.1, -0.05) is 24.3 Å². The van der Waals surface area contributed by atoms with E-state index in [1.807, 2.05) is 18.5 Å². The zero-order valence-corrected chi connectivity index (χ0v) is 18.4. The van der Waals surface area contributed by atoms with Gasteiger partial charge in [0.15, 0.2) is 11.8 Å². The molecule has 0 atom stereocenters. The number of hydrogen-bond acceptors (Lipinski definition) is 4. The third kappa shape index (κ3) is 4.54. The highest BCUT2D eigenvalue weighted by Gasteiger charge is 2.09. The van der Waals surface area contributed by atoms with Crippen LogP contribution in [0.3, 0.4) is 0 Å². The van der Waals surface area contributed by atoms with Crippen molar-refractivity contribution >= 4 is 28.2 Å². The van der Waals surface area contributed by atoms with Crippen molar-refractivity contribution < 1.29 is 0 Å². The third-order valence-electron chi connectivity index (χ3n) is 5.27. The topological polar surface area (TPSA) is 82.9 Å². The van der Waals surface area contributed by atoms with Gasteiger partial charge in [0.25, 0.3) is 0 Å². The molecule has 1 aromatic carbocycles. The standard InChI is InChI=1S/C22H27N7S/c1-15-18(19-8-4-5-9-20(19)26-15)10-11-23-22(24-13-17-7-6-12-30-17)25-14-21-28-27-16(2)29(21)3/h4-9,12,26H,10-11,13-14H2,1-3H3,(H2,23,24,25). The van der Waals surface area contributed by atoms with E-state index < -0.39 is 0 Å². The summed E-state index contributed by atoms with van der Waals surface area (Å²) < 4.78 is 1.97. The summed E-state index contributed by atoms with van der Waals surface area (Å²) in [5.41, 5.74) is 3.75. The summed E-state index contributed by atoms with van der Waals surface area (Å²) >= 11 is 1.73. The minimum atomic E-state index is 0.475. The Kier molecular flexibility index (Phi) is 6.13. The van der Waals surface area contributed by atoms with E-state index in [-0.39, 0.29) is 0 Å². The van der Waals surface area contributed by atoms with Crippen molar-refractivity contribution in [2.45, 2.75) is 33.4 Å². The molecule has 0 amide bonds. The zero-order chi connectivity index (χ0) is 20.9. The minimum Gasteiger partial charge on any atom is -0.358 e. The first kappa shape index (κ1) is 20.2. The van der Waals surface area contributed by atoms with Crippen molar-refractivity contribution in [1.82, 2.24) is 30.4 Å². The molecular formula is C22H27N7S. The van der Waals surface area contributed by atoms with E-state index in [0.717, 1.165) is 37.1 Å². The number of aromatic amines is 1. The number of nitrogens with zero attached hydrogens (tertiary/aromatic N) is 4. The maximum Gasteiger partial charge on any atom is 0.192 e. The normalized spacial score (nSPS) is 11.9. The van der Waals surface area contributed by atoms with Crippen LogP contribution in [0.1, 0.15) is 27.8 Å². The Morgan fingerprint density at radius 1 is 1.13 bits per heavy atom. The zero-order valence-electron chi connectivity index (χ0n) is 17.6. The molecule has 0 radical (unpaired) electrons. The van der Waals surface area contributed by atoms with Gasteiger partial charge in [0.05, 0.1) is 6.54 Å². The fourth-order valence-corrected chi connectivity index (χ4v) is 4.10. The summed E-state index contributed by atoms with van der Waals surface area (Å²) in [5.74, 6) is 2.51. The molecule has 3 aromatic heterocycles. The van der Waals surface area contributed by atoms with Crippen LogP contribution in [0, 0.1) is 13.8 Å². The van der Waals surface area contributed by atoms with Crippen LogP contribution in [0.2, 0.25) is 0 Å². The molecule has 156 valence electrons. The second kappa shape index (κ2) is 9.13. The molecule has 4 aromatic rings. The van der Waals surface area contributed by atoms with Gasteiger partial charge < -0.3 is 20.2 Å². The Morgan fingerprint density at radius 2 is 2.00 bits per heavy atom. The number of para-hydroxylation sites is 1. The summed E-state index contributed by atoms with van der Waals surface area (Å²) in [5, 5.41) is 18.6. The van der Waals surface area contributed by atoms with Crippen molar-refractivity contribution in [3.63, 3.8) is 0 Å². The molecule has 0 fully saturated rings. The Labute approximate surface area is 180 Å². The lowest BCUT2D eigenvalue weighted by molar-refractivity contribution is 0.749. The van der Waals surface area contributed by atoms with Crippen molar-refractivity contribution in [2.24, 2.45) is 12.0 Å². The summed E-state index contributed by atoms with van der Waals surface area (Å²) in [6, 6.07) is 12.6. The second-order valence-electron chi connectivity index (χ2n) is 7.27. The minimum absolute atomic E-state index is 0.475. The van der Waals surface area contributed by atoms with Crippen LogP contribution >= 0.6 is 11.3 Å². The van der Waals surface area contributed by atoms with Crippen molar-refractivity contribution in [1.29, 1.82) is 0 Å². The van der Waals surface area contributed by atoms with E-state index in [2.05, 4.69) is 74.5 Å². The number of H-pyrrole nitrogens is 1. The van der Waals surface area contributed by atoms with Crippen molar-refractivity contribution in [3.8, 4) is 0 Å². The quantitative estimate of drug-likeness (QED) is 0.315. The van der Waals surface area contributed by atoms with E-state index in [9.17, 15) is 0 Å². The number of aromatic nitrogens is 4. The monoisotopic (exact) mass is 421 g/mol. The number of fused-ring (bicyclic) bond motifs is 1. The molecule has 0 spiro atoms. The predicted octanol–water partition coefficient (Wildman–Crippen LogP) is 3.45. The molecule has 30 heavy (non-hydrogen) atoms. The van der Waals surface area contributed by atoms with Crippen LogP contribution in [0.25, 0.3) is 10.9 Å². The molecule has 4 rings (SSSR count). The Morgan fingerprint density at radius 3 is 2.77 bits per heavy atom. The smallest absolute Gasteiger partial charge is 0.192 e. The average molecular weight is 422 g/mol. The highest BCUT2D eigenvalue weighted by atomic mass is 32.1. The van der Waals surface area contributed by atoms with Crippen LogP contribution in [-0.2, 0) is 26.6 Å². The predicted molar refractivity (Wildman–Crippen MR) is 123 cm³/mol. The number of thiophene rings is 1. The molecular weight excluding hydrogens is 394 g/mol. The number of benzene rings is 1. The Hall–Kier alpha value is -3.13. The van der Waals surface area contributed by atoms with Crippen LogP contribution in [-0.4, -0.2) is 32.3 Å². The lowest BCUT2D eigenvalue weighted by Crippen LogP contribution is -2.38. The maximum atomic E-state index is 4.74. The molecule has 0 unspecified atom stereocenters. The average Bonchev–Trinajstić information content (AvgIpc) is 3.45. The van der Waals surface area contributed by atoms with Gasteiger partial charge in [-0.25, -0.2) is 4.99 Å². The lowest BCUT2D eigenvalue weighted by Gasteiger charge is -2.12. The largest absolute Gasteiger partial charge is 0.358 e. The first-order chi connectivity index (χ1) is 14.6. The Balaban J connectivity index is 1.43. The molecule has 0 aliphatic rings. The van der Waals surface area contributed by atoms with Gasteiger partial charge in [0.1, 0.15) is 12.4 Å². The lowest BCUT2D eigenvalue weighted by atomic mass is 10.1. The van der Waals surface area contributed by atoms with Crippen LogP contribution in [0.15, 0.2) is 46.8 Å². The Bertz CT molecular complexity index is 1140. The summed E-state index contributed by atoms with van der Waals surface area (Å²) in [7, 11) is 1.96. The van der Waals surface area contributed by atoms with Crippen LogP contribution in [0.5, 0.6) is 0 Å². The van der Waals surface area contributed by atoms with E-state index in [1.54, 1.807) is 11.3 Å². The molecule has 0 saturated carbocycles.